The molecule has 5 rings (SSSR count). The van der Waals surface area contributed by atoms with E-state index in [9.17, 15) is 14.4 Å². The minimum Gasteiger partial charge on any atom is -0.465 e. The number of carbonyl (C=O) groups excluding carboxylic acids is 3. The molecule has 7 nitrogen and oxygen atoms in total. The van der Waals surface area contributed by atoms with E-state index < -0.39 is 12.4 Å². The van der Waals surface area contributed by atoms with Gasteiger partial charge in [0.25, 0.3) is 6.29 Å². The summed E-state index contributed by atoms with van der Waals surface area (Å²) in [5.74, 6) is 0.0862. The number of esters is 3. The molecule has 4 aliphatic carbocycles. The van der Waals surface area contributed by atoms with E-state index in [0.29, 0.717) is 18.4 Å². The van der Waals surface area contributed by atoms with E-state index in [1.165, 1.54) is 27.2 Å². The molecule has 0 saturated heterocycles. The quantitative estimate of drug-likeness (QED) is 0.328. The van der Waals surface area contributed by atoms with Crippen LogP contribution in [0.2, 0.25) is 0 Å². The third kappa shape index (κ3) is 4.09. The van der Waals surface area contributed by atoms with Crippen LogP contribution in [0.3, 0.4) is 0 Å². The molecule has 38 heavy (non-hydrogen) atoms. The van der Waals surface area contributed by atoms with Gasteiger partial charge in [-0.2, -0.15) is 0 Å². The molecule has 4 fully saturated rings. The van der Waals surface area contributed by atoms with E-state index in [1.807, 2.05) is 0 Å². The maximum Gasteiger partial charge on any atom is 0.305 e. The van der Waals surface area contributed by atoms with Crippen LogP contribution in [0.1, 0.15) is 99.8 Å². The van der Waals surface area contributed by atoms with Crippen LogP contribution in [0.4, 0.5) is 0 Å². The molecule has 0 N–H and O–H groups in total. The molecule has 0 aromatic rings. The standard InChI is InChI=1S/C31H46O7/c1-18(32)36-17-31-12-8-11-28(4,5)23(31)9-13-29(6)24(31)10-14-30(7)25(29)15-22(37-19(2)33)21-16-35-27(26(21)30)38-20(3)34/h16,22-27H,8-15,17H2,1-7H3/t22-,23?,24?,25?,26+,27-,29+,30-,31+/m0/s1. The Morgan fingerprint density at radius 2 is 1.50 bits per heavy atom. The summed E-state index contributed by atoms with van der Waals surface area (Å²) in [5.41, 5.74) is 0.863. The van der Waals surface area contributed by atoms with E-state index in [4.69, 9.17) is 18.9 Å². The molecule has 0 radical (unpaired) electrons. The van der Waals surface area contributed by atoms with Crippen LogP contribution in [0.15, 0.2) is 11.8 Å². The fourth-order valence-electron chi connectivity index (χ4n) is 10.6. The monoisotopic (exact) mass is 530 g/mol. The Labute approximate surface area is 227 Å². The second-order valence-corrected chi connectivity index (χ2v) is 14.1. The highest BCUT2D eigenvalue weighted by atomic mass is 16.7. The first-order chi connectivity index (χ1) is 17.7. The Morgan fingerprint density at radius 1 is 0.842 bits per heavy atom. The second kappa shape index (κ2) is 9.26. The zero-order valence-electron chi connectivity index (χ0n) is 24.3. The van der Waals surface area contributed by atoms with Gasteiger partial charge in [0.15, 0.2) is 0 Å². The molecule has 4 saturated carbocycles. The molecule has 7 heteroatoms. The summed E-state index contributed by atoms with van der Waals surface area (Å²) in [6.07, 6.45) is 8.95. The third-order valence-electron chi connectivity index (χ3n) is 11.8. The van der Waals surface area contributed by atoms with Crippen molar-refractivity contribution in [2.45, 2.75) is 112 Å². The molecule has 0 amide bonds. The summed E-state index contributed by atoms with van der Waals surface area (Å²) in [5, 5.41) is 0. The topological polar surface area (TPSA) is 88.1 Å². The average molecular weight is 531 g/mol. The van der Waals surface area contributed by atoms with Crippen molar-refractivity contribution < 1.29 is 33.3 Å². The van der Waals surface area contributed by atoms with Crippen LogP contribution in [0.25, 0.3) is 0 Å². The highest BCUT2D eigenvalue weighted by molar-refractivity contribution is 5.67. The Morgan fingerprint density at radius 3 is 2.16 bits per heavy atom. The van der Waals surface area contributed by atoms with Gasteiger partial charge in [0.05, 0.1) is 18.8 Å². The van der Waals surface area contributed by atoms with Crippen molar-refractivity contribution in [2.24, 2.45) is 45.3 Å². The maximum absolute atomic E-state index is 12.2. The Bertz CT molecular complexity index is 1030. The molecular weight excluding hydrogens is 484 g/mol. The molecule has 0 bridgehead atoms. The van der Waals surface area contributed by atoms with Gasteiger partial charge in [-0.25, -0.2) is 0 Å². The van der Waals surface area contributed by atoms with E-state index in [0.717, 1.165) is 50.5 Å². The maximum atomic E-state index is 12.2. The van der Waals surface area contributed by atoms with Crippen LogP contribution >= 0.6 is 0 Å². The van der Waals surface area contributed by atoms with Crippen LogP contribution in [0.5, 0.6) is 0 Å². The van der Waals surface area contributed by atoms with Gasteiger partial charge >= 0.3 is 17.9 Å². The highest BCUT2D eigenvalue weighted by Crippen LogP contribution is 2.74. The van der Waals surface area contributed by atoms with Crippen molar-refractivity contribution in [3.05, 3.63) is 11.8 Å². The van der Waals surface area contributed by atoms with Gasteiger partial charge in [-0.05, 0) is 78.9 Å². The molecule has 0 spiro atoms. The number of hydrogen-bond donors (Lipinski definition) is 0. The van der Waals surface area contributed by atoms with Crippen LogP contribution < -0.4 is 0 Å². The van der Waals surface area contributed by atoms with Crippen molar-refractivity contribution in [3.63, 3.8) is 0 Å². The number of carbonyl (C=O) groups is 3. The number of ether oxygens (including phenoxy) is 4. The first-order valence-corrected chi connectivity index (χ1v) is 14.6. The predicted molar refractivity (Wildman–Crippen MR) is 140 cm³/mol. The lowest BCUT2D eigenvalue weighted by Gasteiger charge is -2.70. The predicted octanol–water partition coefficient (Wildman–Crippen LogP) is 5.95. The van der Waals surface area contributed by atoms with Gasteiger partial charge in [0.2, 0.25) is 0 Å². The Balaban J connectivity index is 1.58. The largest absolute Gasteiger partial charge is 0.465 e. The summed E-state index contributed by atoms with van der Waals surface area (Å²) >= 11 is 0. The van der Waals surface area contributed by atoms with Gasteiger partial charge in [0, 0.05) is 31.8 Å². The van der Waals surface area contributed by atoms with Crippen molar-refractivity contribution in [3.8, 4) is 0 Å². The van der Waals surface area contributed by atoms with Gasteiger partial charge in [-0.3, -0.25) is 14.4 Å². The normalized spacial score (nSPS) is 44.7. The van der Waals surface area contributed by atoms with E-state index in [-0.39, 0.29) is 51.4 Å². The molecule has 3 unspecified atom stereocenters. The number of rotatable bonds is 4. The van der Waals surface area contributed by atoms with Gasteiger partial charge in [-0.1, -0.05) is 34.1 Å². The summed E-state index contributed by atoms with van der Waals surface area (Å²) in [7, 11) is 0. The molecule has 9 atom stereocenters. The zero-order chi connectivity index (χ0) is 27.7. The molecular formula is C31H46O7. The molecule has 1 heterocycles. The SMILES string of the molecule is CC(=O)OC[C@]12CCCC(C)(C)C1CC[C@]1(C)C2CC[C@@]2(C)C1C[C@H](OC(C)=O)C1=CO[C@@H](OC(C)=O)[C@@H]12. The summed E-state index contributed by atoms with van der Waals surface area (Å²) in [6, 6.07) is 0. The minimum absolute atomic E-state index is 0.0373. The van der Waals surface area contributed by atoms with Crippen LogP contribution in [0, 0.1) is 45.3 Å². The molecule has 212 valence electrons. The molecule has 5 aliphatic rings. The van der Waals surface area contributed by atoms with E-state index in [2.05, 4.69) is 27.7 Å². The first kappa shape index (κ1) is 27.5. The summed E-state index contributed by atoms with van der Waals surface area (Å²) in [6.45, 7) is 14.5. The lowest BCUT2D eigenvalue weighted by molar-refractivity contribution is -0.244. The van der Waals surface area contributed by atoms with Crippen molar-refractivity contribution >= 4 is 17.9 Å². The summed E-state index contributed by atoms with van der Waals surface area (Å²) < 4.78 is 23.5. The lowest BCUT2D eigenvalue weighted by Crippen LogP contribution is -2.66. The zero-order valence-corrected chi connectivity index (χ0v) is 24.3. The van der Waals surface area contributed by atoms with Gasteiger partial charge in [0.1, 0.15) is 6.10 Å². The third-order valence-corrected chi connectivity index (χ3v) is 11.8. The molecule has 1 aliphatic heterocycles. The van der Waals surface area contributed by atoms with Crippen molar-refractivity contribution in [2.75, 3.05) is 6.61 Å². The lowest BCUT2D eigenvalue weighted by atomic mass is 9.34. The minimum atomic E-state index is -0.700. The van der Waals surface area contributed by atoms with Gasteiger partial charge in [-0.15, -0.1) is 0 Å². The number of fused-ring (bicyclic) bond motifs is 7. The summed E-state index contributed by atoms with van der Waals surface area (Å²) in [4.78, 5) is 36.3. The van der Waals surface area contributed by atoms with Crippen molar-refractivity contribution in [1.29, 1.82) is 0 Å². The van der Waals surface area contributed by atoms with Crippen molar-refractivity contribution in [1.82, 2.24) is 0 Å². The Kier molecular flexibility index (Phi) is 6.71. The smallest absolute Gasteiger partial charge is 0.305 e. The Hall–Kier alpha value is -2.05. The highest BCUT2D eigenvalue weighted by Gasteiger charge is 2.70. The van der Waals surface area contributed by atoms with Crippen LogP contribution in [-0.4, -0.2) is 36.9 Å². The van der Waals surface area contributed by atoms with Crippen LogP contribution in [-0.2, 0) is 33.3 Å². The fraction of sp³-hybridized carbons (Fsp3) is 0.839. The molecule has 0 aromatic carbocycles. The van der Waals surface area contributed by atoms with E-state index in [1.54, 1.807) is 6.26 Å². The number of hydrogen-bond acceptors (Lipinski definition) is 7. The second-order valence-electron chi connectivity index (χ2n) is 14.1. The molecule has 0 aromatic heterocycles. The van der Waals surface area contributed by atoms with E-state index >= 15 is 0 Å². The fourth-order valence-corrected chi connectivity index (χ4v) is 10.6. The average Bonchev–Trinajstić information content (AvgIpc) is 3.22. The van der Waals surface area contributed by atoms with Gasteiger partial charge < -0.3 is 18.9 Å². The first-order valence-electron chi connectivity index (χ1n) is 14.6.